The second kappa shape index (κ2) is 9.03. The van der Waals surface area contributed by atoms with Crippen molar-refractivity contribution >= 4 is 46.6 Å². The summed E-state index contributed by atoms with van der Waals surface area (Å²) < 4.78 is 5.45. The Kier molecular flexibility index (Phi) is 6.49. The number of aromatic nitrogens is 2. The lowest BCUT2D eigenvalue weighted by Crippen LogP contribution is -2.11. The molecule has 0 saturated carbocycles. The first-order valence-electron chi connectivity index (χ1n) is 7.72. The summed E-state index contributed by atoms with van der Waals surface area (Å²) in [6.07, 6.45) is 1.75. The van der Waals surface area contributed by atoms with Gasteiger partial charge in [0.2, 0.25) is 11.8 Å². The minimum Gasteiger partial charge on any atom is -0.407 e. The van der Waals surface area contributed by atoms with E-state index in [0.717, 1.165) is 27.0 Å². The first-order chi connectivity index (χ1) is 12.2. The van der Waals surface area contributed by atoms with Crippen molar-refractivity contribution in [1.29, 1.82) is 0 Å². The lowest BCUT2D eigenvalue weighted by Gasteiger charge is -2.02. The summed E-state index contributed by atoms with van der Waals surface area (Å²) in [7, 11) is 0. The third-order valence-electron chi connectivity index (χ3n) is 3.25. The maximum Gasteiger partial charge on any atom is 0.322 e. The Morgan fingerprint density at radius 1 is 1.24 bits per heavy atom. The highest BCUT2D eigenvalue weighted by Gasteiger charge is 2.10. The van der Waals surface area contributed by atoms with Gasteiger partial charge in [-0.3, -0.25) is 10.1 Å². The molecule has 0 radical (unpaired) electrons. The number of amides is 1. The zero-order valence-corrected chi connectivity index (χ0v) is 15.7. The monoisotopic (exact) mass is 393 g/mol. The number of hydrogen-bond acceptors (Lipinski definition) is 6. The molecule has 2 aromatic heterocycles. The van der Waals surface area contributed by atoms with Crippen molar-refractivity contribution < 1.29 is 9.21 Å². The van der Waals surface area contributed by atoms with Crippen LogP contribution in [0.4, 0.5) is 6.01 Å². The van der Waals surface area contributed by atoms with E-state index >= 15 is 0 Å². The van der Waals surface area contributed by atoms with E-state index in [1.165, 1.54) is 0 Å². The molecule has 8 heteroatoms. The summed E-state index contributed by atoms with van der Waals surface area (Å²) in [5.41, 5.74) is 0. The molecule has 2 heterocycles. The number of halogens is 1. The Balaban J connectivity index is 1.37. The van der Waals surface area contributed by atoms with Gasteiger partial charge in [-0.15, -0.1) is 28.2 Å². The van der Waals surface area contributed by atoms with Crippen LogP contribution in [-0.4, -0.2) is 21.9 Å². The Bertz CT molecular complexity index is 804. The van der Waals surface area contributed by atoms with Crippen molar-refractivity contribution in [3.8, 4) is 0 Å². The maximum atomic E-state index is 11.9. The molecule has 0 aliphatic rings. The molecule has 1 N–H and O–H groups in total. The van der Waals surface area contributed by atoms with Crippen LogP contribution in [0.1, 0.15) is 23.6 Å². The van der Waals surface area contributed by atoms with E-state index in [4.69, 9.17) is 16.0 Å². The van der Waals surface area contributed by atoms with Gasteiger partial charge in [0.1, 0.15) is 0 Å². The summed E-state index contributed by atoms with van der Waals surface area (Å²) in [5.74, 6) is 1.22. The predicted octanol–water partition coefficient (Wildman–Crippen LogP) is 4.89. The van der Waals surface area contributed by atoms with Crippen LogP contribution >= 0.6 is 34.7 Å². The molecule has 0 saturated heterocycles. The van der Waals surface area contributed by atoms with Gasteiger partial charge in [-0.25, -0.2) is 0 Å². The molecule has 0 unspecified atom stereocenters. The van der Waals surface area contributed by atoms with Crippen molar-refractivity contribution in [1.82, 2.24) is 10.2 Å². The van der Waals surface area contributed by atoms with Crippen molar-refractivity contribution in [2.75, 3.05) is 11.1 Å². The molecule has 0 fully saturated rings. The predicted molar refractivity (Wildman–Crippen MR) is 101 cm³/mol. The highest BCUT2D eigenvalue weighted by atomic mass is 35.5. The zero-order chi connectivity index (χ0) is 17.5. The van der Waals surface area contributed by atoms with Gasteiger partial charge in [0.15, 0.2) is 0 Å². The minimum absolute atomic E-state index is 0.122. The number of nitrogens with one attached hydrogen (secondary N) is 1. The number of benzene rings is 1. The van der Waals surface area contributed by atoms with Gasteiger partial charge in [-0.2, -0.15) is 0 Å². The van der Waals surface area contributed by atoms with Crippen LogP contribution in [0.3, 0.4) is 0 Å². The number of thiophene rings is 1. The van der Waals surface area contributed by atoms with Gasteiger partial charge in [0, 0.05) is 21.2 Å². The molecule has 3 aromatic rings. The van der Waals surface area contributed by atoms with Crippen molar-refractivity contribution in [3.05, 3.63) is 57.6 Å². The van der Waals surface area contributed by atoms with Gasteiger partial charge in [0.05, 0.1) is 6.42 Å². The van der Waals surface area contributed by atoms with E-state index < -0.39 is 0 Å². The van der Waals surface area contributed by atoms with E-state index in [9.17, 15) is 4.79 Å². The SMILES string of the molecule is O=C(CCCSc1ccc(Cl)cc1)Nc1nnc(Cc2cccs2)o1. The third-order valence-corrected chi connectivity index (χ3v) is 5.48. The number of carbonyl (C=O) groups excluding carboxylic acids is 1. The number of thioether (sulfide) groups is 1. The second-order valence-corrected chi connectivity index (χ2v) is 7.85. The summed E-state index contributed by atoms with van der Waals surface area (Å²) in [5, 5.41) is 13.2. The van der Waals surface area contributed by atoms with Gasteiger partial charge >= 0.3 is 6.01 Å². The van der Waals surface area contributed by atoms with Crippen molar-refractivity contribution in [2.24, 2.45) is 0 Å². The van der Waals surface area contributed by atoms with Gasteiger partial charge in [-0.05, 0) is 47.9 Å². The molecule has 0 aliphatic heterocycles. The topological polar surface area (TPSA) is 68.0 Å². The molecule has 0 spiro atoms. The zero-order valence-electron chi connectivity index (χ0n) is 13.3. The van der Waals surface area contributed by atoms with Gasteiger partial charge in [-0.1, -0.05) is 22.8 Å². The van der Waals surface area contributed by atoms with E-state index in [1.54, 1.807) is 23.1 Å². The molecule has 0 bridgehead atoms. The van der Waals surface area contributed by atoms with Gasteiger partial charge in [0.25, 0.3) is 0 Å². The fourth-order valence-corrected chi connectivity index (χ4v) is 3.75. The van der Waals surface area contributed by atoms with Crippen molar-refractivity contribution in [3.63, 3.8) is 0 Å². The summed E-state index contributed by atoms with van der Waals surface area (Å²) in [6, 6.07) is 11.8. The number of carbonyl (C=O) groups is 1. The molecular weight excluding hydrogens is 378 g/mol. The number of nitrogens with zero attached hydrogens (tertiary/aromatic N) is 2. The first-order valence-corrected chi connectivity index (χ1v) is 9.96. The molecule has 25 heavy (non-hydrogen) atoms. The normalized spacial score (nSPS) is 10.8. The highest BCUT2D eigenvalue weighted by molar-refractivity contribution is 7.99. The highest BCUT2D eigenvalue weighted by Crippen LogP contribution is 2.21. The van der Waals surface area contributed by atoms with E-state index in [0.29, 0.717) is 18.7 Å². The fourth-order valence-electron chi connectivity index (χ4n) is 2.07. The lowest BCUT2D eigenvalue weighted by molar-refractivity contribution is -0.116. The molecule has 0 aliphatic carbocycles. The van der Waals surface area contributed by atoms with Crippen LogP contribution in [-0.2, 0) is 11.2 Å². The minimum atomic E-state index is -0.122. The van der Waals surface area contributed by atoms with Crippen LogP contribution in [0, 0.1) is 0 Å². The Hall–Kier alpha value is -1.83. The van der Waals surface area contributed by atoms with Crippen LogP contribution < -0.4 is 5.32 Å². The quantitative estimate of drug-likeness (QED) is 0.436. The fraction of sp³-hybridized carbons (Fsp3) is 0.235. The summed E-state index contributed by atoms with van der Waals surface area (Å²) >= 11 is 9.17. The standard InChI is InChI=1S/C17H16ClN3O2S2/c18-12-5-7-13(8-6-12)24-10-2-4-15(22)19-17-21-20-16(23-17)11-14-3-1-9-25-14/h1,3,5-9H,2,4,10-11H2,(H,19,21,22). The smallest absolute Gasteiger partial charge is 0.322 e. The molecular formula is C17H16ClN3O2S2. The van der Waals surface area contributed by atoms with E-state index in [2.05, 4.69) is 15.5 Å². The summed E-state index contributed by atoms with van der Waals surface area (Å²) in [4.78, 5) is 14.2. The van der Waals surface area contributed by atoms with Gasteiger partial charge < -0.3 is 4.42 Å². The van der Waals surface area contributed by atoms with Crippen LogP contribution in [0.25, 0.3) is 0 Å². The van der Waals surface area contributed by atoms with Crippen LogP contribution in [0.5, 0.6) is 0 Å². The summed E-state index contributed by atoms with van der Waals surface area (Å²) in [6.45, 7) is 0. The maximum absolute atomic E-state index is 11.9. The molecule has 3 rings (SSSR count). The first kappa shape index (κ1) is 18.0. The number of anilines is 1. The Morgan fingerprint density at radius 2 is 2.08 bits per heavy atom. The van der Waals surface area contributed by atoms with E-state index in [-0.39, 0.29) is 11.9 Å². The number of rotatable bonds is 8. The average molecular weight is 394 g/mol. The number of hydrogen-bond donors (Lipinski definition) is 1. The van der Waals surface area contributed by atoms with E-state index in [1.807, 2.05) is 41.8 Å². The van der Waals surface area contributed by atoms with Crippen molar-refractivity contribution in [2.45, 2.75) is 24.2 Å². The second-order valence-electron chi connectivity index (χ2n) is 5.21. The average Bonchev–Trinajstić information content (AvgIpc) is 3.26. The molecule has 5 nitrogen and oxygen atoms in total. The molecule has 0 atom stereocenters. The lowest BCUT2D eigenvalue weighted by atomic mass is 10.3. The Morgan fingerprint density at radius 3 is 2.84 bits per heavy atom. The largest absolute Gasteiger partial charge is 0.407 e. The Labute approximate surface area is 158 Å². The van der Waals surface area contributed by atoms with Crippen LogP contribution in [0.2, 0.25) is 5.02 Å². The molecule has 130 valence electrons. The molecule has 1 amide bonds. The van der Waals surface area contributed by atoms with Crippen LogP contribution in [0.15, 0.2) is 51.1 Å². The molecule has 1 aromatic carbocycles. The third kappa shape index (κ3) is 5.88.